The van der Waals surface area contributed by atoms with Crippen LogP contribution in [0.5, 0.6) is 0 Å². The third kappa shape index (κ3) is 2.63. The second kappa shape index (κ2) is 4.69. The van der Waals surface area contributed by atoms with Gasteiger partial charge in [0.15, 0.2) is 0 Å². The van der Waals surface area contributed by atoms with Crippen molar-refractivity contribution in [3.05, 3.63) is 53.7 Å². The second-order valence-electron chi connectivity index (χ2n) is 3.44. The van der Waals surface area contributed by atoms with Crippen LogP contribution in [0.15, 0.2) is 41.0 Å². The molecule has 17 heavy (non-hydrogen) atoms. The van der Waals surface area contributed by atoms with E-state index in [0.29, 0.717) is 11.3 Å². The number of furan rings is 1. The molecule has 5 heteroatoms. The van der Waals surface area contributed by atoms with Gasteiger partial charge in [-0.3, -0.25) is 0 Å². The van der Waals surface area contributed by atoms with Crippen molar-refractivity contribution in [3.8, 4) is 0 Å². The van der Waals surface area contributed by atoms with Crippen LogP contribution in [0.4, 0.5) is 10.1 Å². The molecule has 0 atom stereocenters. The van der Waals surface area contributed by atoms with Crippen LogP contribution in [0.1, 0.15) is 16.1 Å². The van der Waals surface area contributed by atoms with Gasteiger partial charge in [0.1, 0.15) is 5.82 Å². The standard InChI is InChI=1S/C12H10FNO3/c13-9-2-1-3-10(6-9)14-7-8-4-5-17-11(8)12(15)16/h1-6,14H,7H2,(H,15,16). The quantitative estimate of drug-likeness (QED) is 0.855. The molecule has 0 spiro atoms. The molecule has 0 saturated heterocycles. The van der Waals surface area contributed by atoms with E-state index in [1.807, 2.05) is 0 Å². The van der Waals surface area contributed by atoms with Crippen molar-refractivity contribution in [2.24, 2.45) is 0 Å². The number of hydrogen-bond acceptors (Lipinski definition) is 3. The minimum Gasteiger partial charge on any atom is -0.475 e. The number of hydrogen-bond donors (Lipinski definition) is 2. The van der Waals surface area contributed by atoms with Gasteiger partial charge < -0.3 is 14.8 Å². The zero-order chi connectivity index (χ0) is 12.3. The van der Waals surface area contributed by atoms with Gasteiger partial charge in [-0.1, -0.05) is 6.07 Å². The van der Waals surface area contributed by atoms with Gasteiger partial charge in [0.05, 0.1) is 6.26 Å². The molecule has 0 amide bonds. The summed E-state index contributed by atoms with van der Waals surface area (Å²) in [5, 5.41) is 11.7. The Morgan fingerprint density at radius 1 is 1.41 bits per heavy atom. The van der Waals surface area contributed by atoms with Crippen LogP contribution in [0.2, 0.25) is 0 Å². The lowest BCUT2D eigenvalue weighted by molar-refractivity contribution is 0.0661. The van der Waals surface area contributed by atoms with E-state index < -0.39 is 5.97 Å². The zero-order valence-electron chi connectivity index (χ0n) is 8.81. The first-order valence-electron chi connectivity index (χ1n) is 4.96. The molecule has 0 aliphatic heterocycles. The van der Waals surface area contributed by atoms with Crippen LogP contribution in [0.3, 0.4) is 0 Å². The normalized spacial score (nSPS) is 10.2. The lowest BCUT2D eigenvalue weighted by atomic mass is 10.2. The molecule has 1 heterocycles. The topological polar surface area (TPSA) is 62.5 Å². The van der Waals surface area contributed by atoms with Crippen molar-refractivity contribution in [1.29, 1.82) is 0 Å². The third-order valence-electron chi connectivity index (χ3n) is 2.25. The summed E-state index contributed by atoms with van der Waals surface area (Å²) in [4.78, 5) is 10.8. The summed E-state index contributed by atoms with van der Waals surface area (Å²) < 4.78 is 17.7. The van der Waals surface area contributed by atoms with Crippen molar-refractivity contribution in [2.75, 3.05) is 5.32 Å². The predicted molar refractivity (Wildman–Crippen MR) is 59.4 cm³/mol. The van der Waals surface area contributed by atoms with Gasteiger partial charge in [-0.2, -0.15) is 0 Å². The zero-order valence-corrected chi connectivity index (χ0v) is 8.81. The summed E-state index contributed by atoms with van der Waals surface area (Å²) in [6, 6.07) is 7.51. The number of benzene rings is 1. The molecule has 0 radical (unpaired) electrons. The molecule has 4 nitrogen and oxygen atoms in total. The van der Waals surface area contributed by atoms with Crippen LogP contribution in [-0.4, -0.2) is 11.1 Å². The molecule has 2 N–H and O–H groups in total. The third-order valence-corrected chi connectivity index (χ3v) is 2.25. The average molecular weight is 235 g/mol. The largest absolute Gasteiger partial charge is 0.475 e. The average Bonchev–Trinajstić information content (AvgIpc) is 2.74. The van der Waals surface area contributed by atoms with E-state index >= 15 is 0 Å². The van der Waals surface area contributed by atoms with Crippen molar-refractivity contribution in [3.63, 3.8) is 0 Å². The molecule has 1 aromatic carbocycles. The monoisotopic (exact) mass is 235 g/mol. The maximum Gasteiger partial charge on any atom is 0.372 e. The Morgan fingerprint density at radius 3 is 2.94 bits per heavy atom. The Kier molecular flexibility index (Phi) is 3.09. The van der Waals surface area contributed by atoms with Crippen LogP contribution >= 0.6 is 0 Å². The molecule has 88 valence electrons. The summed E-state index contributed by atoms with van der Waals surface area (Å²) in [5.74, 6) is -1.57. The highest BCUT2D eigenvalue weighted by atomic mass is 19.1. The molecular formula is C12H10FNO3. The van der Waals surface area contributed by atoms with Gasteiger partial charge in [0.25, 0.3) is 0 Å². The number of anilines is 1. The summed E-state index contributed by atoms with van der Waals surface area (Å²) >= 11 is 0. The molecule has 2 aromatic rings. The lowest BCUT2D eigenvalue weighted by Crippen LogP contribution is -2.04. The number of halogens is 1. The minimum atomic E-state index is -1.12. The Balaban J connectivity index is 2.07. The smallest absolute Gasteiger partial charge is 0.372 e. The van der Waals surface area contributed by atoms with Gasteiger partial charge in [-0.05, 0) is 24.3 Å². The number of carboxylic acids is 1. The van der Waals surface area contributed by atoms with Crippen molar-refractivity contribution in [1.82, 2.24) is 0 Å². The fraction of sp³-hybridized carbons (Fsp3) is 0.0833. The molecule has 0 bridgehead atoms. The first-order valence-corrected chi connectivity index (χ1v) is 4.96. The maximum absolute atomic E-state index is 12.9. The summed E-state index contributed by atoms with van der Waals surface area (Å²) in [6.45, 7) is 0.265. The predicted octanol–water partition coefficient (Wildman–Crippen LogP) is 2.73. The van der Waals surface area contributed by atoms with Crippen LogP contribution in [0.25, 0.3) is 0 Å². The fourth-order valence-electron chi connectivity index (χ4n) is 1.46. The lowest BCUT2D eigenvalue weighted by Gasteiger charge is -2.05. The molecular weight excluding hydrogens is 225 g/mol. The highest BCUT2D eigenvalue weighted by Crippen LogP contribution is 2.14. The number of aromatic carboxylic acids is 1. The summed E-state index contributed by atoms with van der Waals surface area (Å²) in [6.07, 6.45) is 1.31. The van der Waals surface area contributed by atoms with E-state index in [0.717, 1.165) is 0 Å². The molecule has 0 saturated carbocycles. The van der Waals surface area contributed by atoms with E-state index in [2.05, 4.69) is 5.32 Å². The molecule has 2 rings (SSSR count). The van der Waals surface area contributed by atoms with Crippen molar-refractivity contribution >= 4 is 11.7 Å². The van der Waals surface area contributed by atoms with E-state index in [1.54, 1.807) is 18.2 Å². The van der Waals surface area contributed by atoms with Gasteiger partial charge in [-0.25, -0.2) is 9.18 Å². The Bertz CT molecular complexity index is 536. The first kappa shape index (κ1) is 11.2. The van der Waals surface area contributed by atoms with Crippen molar-refractivity contribution < 1.29 is 18.7 Å². The number of nitrogens with one attached hydrogen (secondary N) is 1. The van der Waals surface area contributed by atoms with Gasteiger partial charge >= 0.3 is 5.97 Å². The van der Waals surface area contributed by atoms with Gasteiger partial charge in [0, 0.05) is 17.8 Å². The van der Waals surface area contributed by atoms with Gasteiger partial charge in [-0.15, -0.1) is 0 Å². The van der Waals surface area contributed by atoms with Gasteiger partial charge in [0.2, 0.25) is 5.76 Å². The van der Waals surface area contributed by atoms with Crippen LogP contribution in [-0.2, 0) is 6.54 Å². The summed E-state index contributed by atoms with van der Waals surface area (Å²) in [5.41, 5.74) is 1.10. The van der Waals surface area contributed by atoms with E-state index in [-0.39, 0.29) is 18.1 Å². The second-order valence-corrected chi connectivity index (χ2v) is 3.44. The number of carboxylic acid groups (broad SMARTS) is 1. The van der Waals surface area contributed by atoms with Crippen molar-refractivity contribution in [2.45, 2.75) is 6.54 Å². The van der Waals surface area contributed by atoms with Crippen LogP contribution < -0.4 is 5.32 Å². The number of rotatable bonds is 4. The minimum absolute atomic E-state index is 0.103. The molecule has 1 aromatic heterocycles. The molecule has 0 aliphatic rings. The highest BCUT2D eigenvalue weighted by molar-refractivity contribution is 5.86. The fourth-order valence-corrected chi connectivity index (χ4v) is 1.46. The van der Waals surface area contributed by atoms with E-state index in [9.17, 15) is 9.18 Å². The molecule has 0 unspecified atom stereocenters. The Hall–Kier alpha value is -2.30. The van der Waals surface area contributed by atoms with E-state index in [1.165, 1.54) is 18.4 Å². The Labute approximate surface area is 96.7 Å². The SMILES string of the molecule is O=C(O)c1occc1CNc1cccc(F)c1. The first-order chi connectivity index (χ1) is 8.16. The highest BCUT2D eigenvalue weighted by Gasteiger charge is 2.13. The molecule has 0 fully saturated rings. The summed E-state index contributed by atoms with van der Waals surface area (Å²) in [7, 11) is 0. The number of carbonyl (C=O) groups is 1. The molecule has 0 aliphatic carbocycles. The van der Waals surface area contributed by atoms with Crippen LogP contribution in [0, 0.1) is 5.82 Å². The maximum atomic E-state index is 12.9. The Morgan fingerprint density at radius 2 is 2.24 bits per heavy atom. The van der Waals surface area contributed by atoms with E-state index in [4.69, 9.17) is 9.52 Å².